The summed E-state index contributed by atoms with van der Waals surface area (Å²) >= 11 is 11.9. The van der Waals surface area contributed by atoms with Crippen LogP contribution in [0.2, 0.25) is 10.3 Å². The summed E-state index contributed by atoms with van der Waals surface area (Å²) in [6, 6.07) is 4.42. The minimum Gasteiger partial charge on any atom is -0.216 e. The quantitative estimate of drug-likeness (QED) is 0.726. The third-order valence-electron chi connectivity index (χ3n) is 2.47. The van der Waals surface area contributed by atoms with Gasteiger partial charge in [-0.1, -0.05) is 29.3 Å². The Kier molecular flexibility index (Phi) is 3.31. The van der Waals surface area contributed by atoms with Gasteiger partial charge in [-0.25, -0.2) is 14.4 Å². The predicted molar refractivity (Wildman–Crippen MR) is 66.9 cm³/mol. The van der Waals surface area contributed by atoms with Gasteiger partial charge in [0.15, 0.2) is 5.82 Å². The number of halogens is 3. The molecule has 1 heterocycles. The minimum absolute atomic E-state index is 0.281. The van der Waals surface area contributed by atoms with Crippen molar-refractivity contribution in [1.29, 1.82) is 0 Å². The summed E-state index contributed by atoms with van der Waals surface area (Å²) in [5.74, 6) is -0.00961. The van der Waals surface area contributed by atoms with Gasteiger partial charge in [0.25, 0.3) is 0 Å². The molecule has 1 aromatic carbocycles. The van der Waals surface area contributed by atoms with E-state index in [1.807, 2.05) is 6.92 Å². The fourth-order valence-electron chi connectivity index (χ4n) is 1.42. The molecule has 2 nitrogen and oxygen atoms in total. The predicted octanol–water partition coefficient (Wildman–Crippen LogP) is 4.21. The van der Waals surface area contributed by atoms with Gasteiger partial charge in [0.05, 0.1) is 0 Å². The van der Waals surface area contributed by atoms with Crippen LogP contribution in [-0.2, 0) is 0 Å². The van der Waals surface area contributed by atoms with E-state index >= 15 is 0 Å². The van der Waals surface area contributed by atoms with E-state index in [1.165, 1.54) is 12.1 Å². The second-order valence-electron chi connectivity index (χ2n) is 3.71. The van der Waals surface area contributed by atoms with E-state index in [1.54, 1.807) is 13.0 Å². The molecular formula is C12H9Cl2FN2. The van der Waals surface area contributed by atoms with Crippen LogP contribution in [0.1, 0.15) is 11.1 Å². The van der Waals surface area contributed by atoms with Crippen LogP contribution in [0, 0.1) is 19.7 Å². The Hall–Kier alpha value is -1.19. The number of nitrogens with zero attached hydrogens (tertiary/aromatic N) is 2. The highest BCUT2D eigenvalue weighted by atomic mass is 35.5. The van der Waals surface area contributed by atoms with E-state index in [0.29, 0.717) is 17.0 Å². The number of benzene rings is 1. The van der Waals surface area contributed by atoms with Crippen molar-refractivity contribution in [3.63, 3.8) is 0 Å². The maximum absolute atomic E-state index is 13.2. The standard InChI is InChI=1S/C12H9Cl2FN2/c1-6-3-4-8(15)5-9(6)12-16-10(13)7(2)11(14)17-12/h3-5H,1-2H3. The number of hydrogen-bond donors (Lipinski definition) is 0. The smallest absolute Gasteiger partial charge is 0.162 e. The van der Waals surface area contributed by atoms with Crippen molar-refractivity contribution >= 4 is 23.2 Å². The number of hydrogen-bond acceptors (Lipinski definition) is 2. The molecule has 0 radical (unpaired) electrons. The summed E-state index contributed by atoms with van der Waals surface area (Å²) in [6.45, 7) is 3.58. The first-order valence-corrected chi connectivity index (χ1v) is 5.71. The molecule has 2 aromatic rings. The van der Waals surface area contributed by atoms with Crippen molar-refractivity contribution in [2.75, 3.05) is 0 Å². The van der Waals surface area contributed by atoms with Crippen LogP contribution in [-0.4, -0.2) is 9.97 Å². The van der Waals surface area contributed by atoms with E-state index in [4.69, 9.17) is 23.2 Å². The van der Waals surface area contributed by atoms with Gasteiger partial charge in [-0.3, -0.25) is 0 Å². The van der Waals surface area contributed by atoms with E-state index in [9.17, 15) is 4.39 Å². The zero-order chi connectivity index (χ0) is 12.6. The van der Waals surface area contributed by atoms with Crippen LogP contribution in [0.5, 0.6) is 0 Å². The van der Waals surface area contributed by atoms with Crippen molar-refractivity contribution in [1.82, 2.24) is 9.97 Å². The molecule has 0 unspecified atom stereocenters. The molecule has 0 aliphatic carbocycles. The Bertz CT molecular complexity index is 562. The highest BCUT2D eigenvalue weighted by Gasteiger charge is 2.11. The molecule has 0 bridgehead atoms. The van der Waals surface area contributed by atoms with Crippen molar-refractivity contribution < 1.29 is 4.39 Å². The molecule has 0 atom stereocenters. The molecule has 5 heteroatoms. The molecule has 0 amide bonds. The molecule has 0 aliphatic rings. The van der Waals surface area contributed by atoms with Crippen molar-refractivity contribution in [3.8, 4) is 11.4 Å². The summed E-state index contributed by atoms with van der Waals surface area (Å²) in [5, 5.41) is 0.562. The number of aryl methyl sites for hydroxylation is 1. The zero-order valence-corrected chi connectivity index (χ0v) is 10.8. The zero-order valence-electron chi connectivity index (χ0n) is 9.26. The molecule has 0 aliphatic heterocycles. The Morgan fingerprint density at radius 2 is 1.65 bits per heavy atom. The van der Waals surface area contributed by atoms with Gasteiger partial charge in [-0.15, -0.1) is 0 Å². The van der Waals surface area contributed by atoms with Gasteiger partial charge in [0.2, 0.25) is 0 Å². The average Bonchev–Trinajstić information content (AvgIpc) is 2.28. The van der Waals surface area contributed by atoms with Crippen molar-refractivity contribution in [3.05, 3.63) is 45.4 Å². The first-order valence-electron chi connectivity index (χ1n) is 4.95. The van der Waals surface area contributed by atoms with Crippen LogP contribution in [0.25, 0.3) is 11.4 Å². The molecule has 88 valence electrons. The second kappa shape index (κ2) is 4.59. The average molecular weight is 271 g/mol. The Balaban J connectivity index is 2.64. The molecule has 17 heavy (non-hydrogen) atoms. The third-order valence-corrected chi connectivity index (χ3v) is 3.20. The first kappa shape index (κ1) is 12.3. The highest BCUT2D eigenvalue weighted by molar-refractivity contribution is 6.34. The van der Waals surface area contributed by atoms with Crippen molar-refractivity contribution in [2.24, 2.45) is 0 Å². The normalized spacial score (nSPS) is 10.6. The van der Waals surface area contributed by atoms with Gasteiger partial charge in [0, 0.05) is 11.1 Å². The lowest BCUT2D eigenvalue weighted by Gasteiger charge is -2.07. The van der Waals surface area contributed by atoms with Crippen LogP contribution >= 0.6 is 23.2 Å². The lowest BCUT2D eigenvalue weighted by atomic mass is 10.1. The van der Waals surface area contributed by atoms with Gasteiger partial charge < -0.3 is 0 Å². The van der Waals surface area contributed by atoms with Gasteiger partial charge >= 0.3 is 0 Å². The highest BCUT2D eigenvalue weighted by Crippen LogP contribution is 2.26. The lowest BCUT2D eigenvalue weighted by Crippen LogP contribution is -1.96. The summed E-state index contributed by atoms with van der Waals surface area (Å²) < 4.78 is 13.2. The third kappa shape index (κ3) is 2.40. The Labute approximate surface area is 108 Å². The number of rotatable bonds is 1. The van der Waals surface area contributed by atoms with E-state index in [-0.39, 0.29) is 16.1 Å². The minimum atomic E-state index is -0.345. The fourth-order valence-corrected chi connectivity index (χ4v) is 1.81. The van der Waals surface area contributed by atoms with Crippen LogP contribution in [0.3, 0.4) is 0 Å². The van der Waals surface area contributed by atoms with Crippen LogP contribution in [0.15, 0.2) is 18.2 Å². The van der Waals surface area contributed by atoms with Gasteiger partial charge in [0.1, 0.15) is 16.1 Å². The molecule has 1 aromatic heterocycles. The molecule has 0 saturated heterocycles. The lowest BCUT2D eigenvalue weighted by molar-refractivity contribution is 0.627. The van der Waals surface area contributed by atoms with Crippen LogP contribution < -0.4 is 0 Å². The van der Waals surface area contributed by atoms with E-state index in [2.05, 4.69) is 9.97 Å². The van der Waals surface area contributed by atoms with Crippen molar-refractivity contribution in [2.45, 2.75) is 13.8 Å². The topological polar surface area (TPSA) is 25.8 Å². The molecule has 0 N–H and O–H groups in total. The molecule has 0 saturated carbocycles. The SMILES string of the molecule is Cc1ccc(F)cc1-c1nc(Cl)c(C)c(Cl)n1. The second-order valence-corrected chi connectivity index (χ2v) is 4.43. The largest absolute Gasteiger partial charge is 0.216 e. The maximum Gasteiger partial charge on any atom is 0.162 e. The summed E-state index contributed by atoms with van der Waals surface area (Å²) in [7, 11) is 0. The van der Waals surface area contributed by atoms with E-state index in [0.717, 1.165) is 5.56 Å². The monoisotopic (exact) mass is 270 g/mol. The molecular weight excluding hydrogens is 262 g/mol. The fraction of sp³-hybridized carbons (Fsp3) is 0.167. The van der Waals surface area contributed by atoms with Gasteiger partial charge in [-0.05, 0) is 31.5 Å². The Morgan fingerprint density at radius 1 is 1.06 bits per heavy atom. The molecule has 2 rings (SSSR count). The maximum atomic E-state index is 13.2. The summed E-state index contributed by atoms with van der Waals surface area (Å²) in [5.41, 5.74) is 2.07. The van der Waals surface area contributed by atoms with Crippen LogP contribution in [0.4, 0.5) is 4.39 Å². The summed E-state index contributed by atoms with van der Waals surface area (Å²) in [6.07, 6.45) is 0. The molecule has 0 spiro atoms. The summed E-state index contributed by atoms with van der Waals surface area (Å²) in [4.78, 5) is 8.22. The van der Waals surface area contributed by atoms with Gasteiger partial charge in [-0.2, -0.15) is 0 Å². The Morgan fingerprint density at radius 3 is 2.24 bits per heavy atom. The van der Waals surface area contributed by atoms with E-state index < -0.39 is 0 Å². The number of aromatic nitrogens is 2. The first-order chi connectivity index (χ1) is 7.99. The molecule has 0 fully saturated rings.